The van der Waals surface area contributed by atoms with Gasteiger partial charge in [-0.25, -0.2) is 0 Å². The first-order valence-electron chi connectivity index (χ1n) is 8.42. The molecule has 0 spiro atoms. The molecule has 2 nitrogen and oxygen atoms in total. The van der Waals surface area contributed by atoms with E-state index >= 15 is 0 Å². The molecule has 2 heteroatoms. The van der Waals surface area contributed by atoms with Crippen LogP contribution >= 0.6 is 0 Å². The van der Waals surface area contributed by atoms with Gasteiger partial charge in [0.25, 0.3) is 0 Å². The lowest BCUT2D eigenvalue weighted by atomic mass is 9.63. The molecule has 2 aliphatic carbocycles. The minimum Gasteiger partial charge on any atom is -0.466 e. The largest absolute Gasteiger partial charge is 0.466 e. The van der Waals surface area contributed by atoms with Crippen LogP contribution < -0.4 is 0 Å². The van der Waals surface area contributed by atoms with Crippen molar-refractivity contribution in [3.63, 3.8) is 0 Å². The molecule has 0 unspecified atom stereocenters. The van der Waals surface area contributed by atoms with E-state index in [-0.39, 0.29) is 11.9 Å². The molecular weight excluding hydrogens is 248 g/mol. The summed E-state index contributed by atoms with van der Waals surface area (Å²) >= 11 is 0. The van der Waals surface area contributed by atoms with Gasteiger partial charge in [0.05, 0.1) is 12.5 Å². The van der Waals surface area contributed by atoms with Crippen molar-refractivity contribution in [1.29, 1.82) is 0 Å². The summed E-state index contributed by atoms with van der Waals surface area (Å²) in [6.07, 6.45) is 12.9. The highest BCUT2D eigenvalue weighted by Crippen LogP contribution is 2.48. The first-order valence-corrected chi connectivity index (χ1v) is 8.42. The average Bonchev–Trinajstić information content (AvgIpc) is 2.48. The van der Waals surface area contributed by atoms with Crippen molar-refractivity contribution in [3.05, 3.63) is 11.6 Å². The van der Waals surface area contributed by atoms with Gasteiger partial charge in [0.2, 0.25) is 0 Å². The molecule has 0 aromatic rings. The van der Waals surface area contributed by atoms with E-state index in [2.05, 4.69) is 13.0 Å². The van der Waals surface area contributed by atoms with Gasteiger partial charge in [-0.2, -0.15) is 0 Å². The predicted molar refractivity (Wildman–Crippen MR) is 82.4 cm³/mol. The summed E-state index contributed by atoms with van der Waals surface area (Å²) in [6, 6.07) is 0. The molecule has 0 radical (unpaired) electrons. The van der Waals surface area contributed by atoms with E-state index < -0.39 is 0 Å². The smallest absolute Gasteiger partial charge is 0.312 e. The van der Waals surface area contributed by atoms with Crippen molar-refractivity contribution in [1.82, 2.24) is 0 Å². The van der Waals surface area contributed by atoms with Gasteiger partial charge in [-0.3, -0.25) is 4.79 Å². The number of ether oxygens (including phenoxy) is 1. The Labute approximate surface area is 124 Å². The summed E-state index contributed by atoms with van der Waals surface area (Å²) in [4.78, 5) is 11.8. The Kier molecular flexibility index (Phi) is 5.29. The molecule has 2 aliphatic rings. The maximum absolute atomic E-state index is 11.8. The SMILES string of the molecule is CCOC(=O)[C@@H](C)C1=CC[C@@H](C2(C)CCCCC2)CC1. The third-order valence-electron chi connectivity index (χ3n) is 5.62. The van der Waals surface area contributed by atoms with Gasteiger partial charge in [0.1, 0.15) is 0 Å². The van der Waals surface area contributed by atoms with Crippen LogP contribution in [0.15, 0.2) is 11.6 Å². The summed E-state index contributed by atoms with van der Waals surface area (Å²) in [5.74, 6) is 0.720. The number of carbonyl (C=O) groups is 1. The summed E-state index contributed by atoms with van der Waals surface area (Å²) in [6.45, 7) is 6.84. The lowest BCUT2D eigenvalue weighted by molar-refractivity contribution is -0.146. The van der Waals surface area contributed by atoms with Crippen LogP contribution in [0, 0.1) is 17.3 Å². The van der Waals surface area contributed by atoms with E-state index in [0.717, 1.165) is 18.8 Å². The third kappa shape index (κ3) is 3.45. The fraction of sp³-hybridized carbons (Fsp3) is 0.833. The zero-order valence-electron chi connectivity index (χ0n) is 13.4. The Hall–Kier alpha value is -0.790. The van der Waals surface area contributed by atoms with Crippen molar-refractivity contribution >= 4 is 5.97 Å². The fourth-order valence-electron chi connectivity index (χ4n) is 4.07. The quantitative estimate of drug-likeness (QED) is 0.541. The second-order valence-corrected chi connectivity index (χ2v) is 6.94. The van der Waals surface area contributed by atoms with E-state index in [0.29, 0.717) is 12.0 Å². The van der Waals surface area contributed by atoms with Crippen LogP contribution in [0.5, 0.6) is 0 Å². The van der Waals surface area contributed by atoms with Crippen molar-refractivity contribution in [2.24, 2.45) is 17.3 Å². The van der Waals surface area contributed by atoms with Crippen molar-refractivity contribution < 1.29 is 9.53 Å². The van der Waals surface area contributed by atoms with Crippen LogP contribution in [0.4, 0.5) is 0 Å². The van der Waals surface area contributed by atoms with E-state index in [1.54, 1.807) is 0 Å². The molecule has 114 valence electrons. The minimum absolute atomic E-state index is 0.0462. The van der Waals surface area contributed by atoms with Crippen LogP contribution in [0.1, 0.15) is 72.1 Å². The number of hydrogen-bond acceptors (Lipinski definition) is 2. The number of carbonyl (C=O) groups excluding carboxylic acids is 1. The molecule has 1 saturated carbocycles. The summed E-state index contributed by atoms with van der Waals surface area (Å²) < 4.78 is 5.14. The molecule has 0 bridgehead atoms. The van der Waals surface area contributed by atoms with Crippen LogP contribution in [0.2, 0.25) is 0 Å². The highest BCUT2D eigenvalue weighted by Gasteiger charge is 2.36. The predicted octanol–water partition coefficient (Wildman–Crippen LogP) is 4.88. The second-order valence-electron chi connectivity index (χ2n) is 6.94. The zero-order chi connectivity index (χ0) is 14.6. The molecule has 0 N–H and O–H groups in total. The Morgan fingerprint density at radius 2 is 2.10 bits per heavy atom. The van der Waals surface area contributed by atoms with E-state index in [9.17, 15) is 4.79 Å². The molecule has 0 amide bonds. The van der Waals surface area contributed by atoms with Gasteiger partial charge < -0.3 is 4.74 Å². The molecule has 0 aliphatic heterocycles. The number of allylic oxidation sites excluding steroid dienone is 1. The molecule has 0 aromatic carbocycles. The van der Waals surface area contributed by atoms with E-state index in [4.69, 9.17) is 4.74 Å². The van der Waals surface area contributed by atoms with Crippen LogP contribution in [0.3, 0.4) is 0 Å². The highest BCUT2D eigenvalue weighted by atomic mass is 16.5. The minimum atomic E-state index is -0.0546. The van der Waals surface area contributed by atoms with Gasteiger partial charge in [0.15, 0.2) is 0 Å². The lowest BCUT2D eigenvalue weighted by Gasteiger charge is -2.42. The maximum atomic E-state index is 11.8. The normalized spacial score (nSPS) is 27.6. The first-order chi connectivity index (χ1) is 9.57. The zero-order valence-corrected chi connectivity index (χ0v) is 13.4. The van der Waals surface area contributed by atoms with Gasteiger partial charge in [-0.15, -0.1) is 0 Å². The summed E-state index contributed by atoms with van der Waals surface area (Å²) in [5, 5.41) is 0. The van der Waals surface area contributed by atoms with E-state index in [1.807, 2.05) is 13.8 Å². The Morgan fingerprint density at radius 3 is 2.65 bits per heavy atom. The fourth-order valence-corrected chi connectivity index (χ4v) is 4.07. The lowest BCUT2D eigenvalue weighted by Crippen LogP contribution is -2.31. The number of hydrogen-bond donors (Lipinski definition) is 0. The maximum Gasteiger partial charge on any atom is 0.312 e. The van der Waals surface area contributed by atoms with E-state index in [1.165, 1.54) is 44.1 Å². The first kappa shape index (κ1) is 15.6. The molecule has 2 rings (SSSR count). The molecular formula is C18H30O2. The molecule has 0 heterocycles. The number of rotatable bonds is 4. The van der Waals surface area contributed by atoms with Crippen LogP contribution in [0.25, 0.3) is 0 Å². The van der Waals surface area contributed by atoms with Crippen LogP contribution in [-0.2, 0) is 9.53 Å². The monoisotopic (exact) mass is 278 g/mol. The average molecular weight is 278 g/mol. The molecule has 2 atom stereocenters. The molecule has 0 saturated heterocycles. The van der Waals surface area contributed by atoms with Gasteiger partial charge in [0, 0.05) is 0 Å². The van der Waals surface area contributed by atoms with Gasteiger partial charge in [-0.05, 0) is 57.3 Å². The van der Waals surface area contributed by atoms with Crippen molar-refractivity contribution in [2.75, 3.05) is 6.61 Å². The summed E-state index contributed by atoms with van der Waals surface area (Å²) in [5.41, 5.74) is 1.85. The van der Waals surface area contributed by atoms with Crippen molar-refractivity contribution in [2.45, 2.75) is 72.1 Å². The second kappa shape index (κ2) is 6.78. The molecule has 0 aromatic heterocycles. The summed E-state index contributed by atoms with van der Waals surface area (Å²) in [7, 11) is 0. The molecule has 20 heavy (non-hydrogen) atoms. The van der Waals surface area contributed by atoms with Gasteiger partial charge >= 0.3 is 5.97 Å². The van der Waals surface area contributed by atoms with Crippen LogP contribution in [-0.4, -0.2) is 12.6 Å². The van der Waals surface area contributed by atoms with Gasteiger partial charge in [-0.1, -0.05) is 37.8 Å². The third-order valence-corrected chi connectivity index (χ3v) is 5.62. The number of esters is 1. The highest BCUT2D eigenvalue weighted by molar-refractivity contribution is 5.75. The topological polar surface area (TPSA) is 26.3 Å². The molecule has 1 fully saturated rings. The standard InChI is InChI=1S/C18H30O2/c1-4-20-17(19)14(2)15-8-10-16(11-9-15)18(3)12-6-5-7-13-18/h8,14,16H,4-7,9-13H2,1-3H3/t14-,16+/m0/s1. The Morgan fingerprint density at radius 1 is 1.40 bits per heavy atom. The van der Waals surface area contributed by atoms with Crippen molar-refractivity contribution in [3.8, 4) is 0 Å². The Balaban J connectivity index is 1.94. The Bertz CT molecular complexity index is 364.